The van der Waals surface area contributed by atoms with E-state index in [0.29, 0.717) is 13.0 Å². The SMILES string of the molecule is CCCCCCCC/C=C\CCCCCCCCCCCCOCC(COP(=O)(O)OCC(N)C(=O)O)OC(=O)CCCCCCCCCCC/C=C\CCCCCCCCCC. The Kier molecular flexibility index (Phi) is 47.2. The zero-order chi connectivity index (χ0) is 46.2. The normalized spacial score (nSPS) is 13.8. The molecule has 0 aromatic rings. The summed E-state index contributed by atoms with van der Waals surface area (Å²) in [6.07, 6.45) is 55.2. The minimum Gasteiger partial charge on any atom is -0.480 e. The van der Waals surface area contributed by atoms with E-state index in [0.717, 1.165) is 38.5 Å². The van der Waals surface area contributed by atoms with Crippen LogP contribution in [0.4, 0.5) is 0 Å². The van der Waals surface area contributed by atoms with E-state index in [1.807, 2.05) is 0 Å². The van der Waals surface area contributed by atoms with Gasteiger partial charge in [-0.05, 0) is 64.2 Å². The first-order chi connectivity index (χ1) is 30.7. The van der Waals surface area contributed by atoms with Gasteiger partial charge in [0.05, 0.1) is 19.8 Å². The van der Waals surface area contributed by atoms with Gasteiger partial charge in [-0.15, -0.1) is 0 Å². The van der Waals surface area contributed by atoms with Gasteiger partial charge < -0.3 is 25.2 Å². The van der Waals surface area contributed by atoms with Crippen LogP contribution < -0.4 is 5.73 Å². The third kappa shape index (κ3) is 48.2. The van der Waals surface area contributed by atoms with Crippen molar-refractivity contribution >= 4 is 19.8 Å². The molecule has 63 heavy (non-hydrogen) atoms. The second kappa shape index (κ2) is 48.4. The lowest BCUT2D eigenvalue weighted by atomic mass is 10.1. The summed E-state index contributed by atoms with van der Waals surface area (Å²) < 4.78 is 33.5. The van der Waals surface area contributed by atoms with Gasteiger partial charge in [0.25, 0.3) is 0 Å². The van der Waals surface area contributed by atoms with E-state index >= 15 is 0 Å². The van der Waals surface area contributed by atoms with Crippen LogP contribution in [0.2, 0.25) is 0 Å². The van der Waals surface area contributed by atoms with Crippen molar-refractivity contribution in [3.63, 3.8) is 0 Å². The molecule has 0 aliphatic carbocycles. The van der Waals surface area contributed by atoms with Crippen molar-refractivity contribution < 1.29 is 42.7 Å². The molecule has 0 radical (unpaired) electrons. The summed E-state index contributed by atoms with van der Waals surface area (Å²) in [5.74, 6) is -1.77. The molecule has 0 amide bonds. The van der Waals surface area contributed by atoms with E-state index in [4.69, 9.17) is 29.4 Å². The van der Waals surface area contributed by atoms with Crippen LogP contribution in [0.1, 0.15) is 258 Å². The molecular formula is C52H100NO9P. The Balaban J connectivity index is 4.11. The van der Waals surface area contributed by atoms with Crippen molar-refractivity contribution in [1.29, 1.82) is 0 Å². The quantitative estimate of drug-likeness (QED) is 0.0232. The molecule has 0 saturated heterocycles. The van der Waals surface area contributed by atoms with Crippen molar-refractivity contribution in [2.45, 2.75) is 270 Å². The number of carbonyl (C=O) groups is 2. The predicted octanol–water partition coefficient (Wildman–Crippen LogP) is 15.4. The van der Waals surface area contributed by atoms with Crippen LogP contribution in [0.5, 0.6) is 0 Å². The largest absolute Gasteiger partial charge is 0.480 e. The van der Waals surface area contributed by atoms with Crippen molar-refractivity contribution in [2.24, 2.45) is 5.73 Å². The van der Waals surface area contributed by atoms with Crippen molar-refractivity contribution in [3.05, 3.63) is 24.3 Å². The lowest BCUT2D eigenvalue weighted by Gasteiger charge is -2.20. The van der Waals surface area contributed by atoms with E-state index in [1.165, 1.54) is 193 Å². The Morgan fingerprint density at radius 1 is 0.492 bits per heavy atom. The zero-order valence-electron chi connectivity index (χ0n) is 40.9. The Labute approximate surface area is 387 Å². The number of carboxylic acid groups (broad SMARTS) is 1. The Bertz CT molecular complexity index is 1100. The maximum atomic E-state index is 12.7. The third-order valence-corrected chi connectivity index (χ3v) is 12.7. The molecule has 0 spiro atoms. The van der Waals surface area contributed by atoms with Gasteiger partial charge in [-0.2, -0.15) is 0 Å². The smallest absolute Gasteiger partial charge is 0.472 e. The summed E-state index contributed by atoms with van der Waals surface area (Å²) >= 11 is 0. The number of allylic oxidation sites excluding steroid dienone is 4. The molecule has 3 unspecified atom stereocenters. The molecule has 0 aliphatic rings. The Hall–Kier alpha value is -1.55. The number of unbranched alkanes of at least 4 members (excludes halogenated alkanes) is 33. The highest BCUT2D eigenvalue weighted by Gasteiger charge is 2.27. The highest BCUT2D eigenvalue weighted by Crippen LogP contribution is 2.43. The molecule has 0 aromatic carbocycles. The first kappa shape index (κ1) is 61.5. The summed E-state index contributed by atoms with van der Waals surface area (Å²) in [7, 11) is -4.62. The zero-order valence-corrected chi connectivity index (χ0v) is 41.8. The van der Waals surface area contributed by atoms with Crippen LogP contribution in [0.15, 0.2) is 24.3 Å². The number of nitrogens with two attached hydrogens (primary N) is 1. The van der Waals surface area contributed by atoms with Gasteiger partial charge in [-0.25, -0.2) is 4.57 Å². The minimum atomic E-state index is -4.62. The molecule has 372 valence electrons. The summed E-state index contributed by atoms with van der Waals surface area (Å²) in [5, 5.41) is 8.93. The first-order valence-electron chi connectivity index (χ1n) is 26.4. The predicted molar refractivity (Wildman–Crippen MR) is 263 cm³/mol. The van der Waals surface area contributed by atoms with Crippen molar-refractivity contribution in [2.75, 3.05) is 26.4 Å². The molecule has 0 fully saturated rings. The van der Waals surface area contributed by atoms with Crippen LogP contribution in [0.25, 0.3) is 0 Å². The molecule has 0 aromatic heterocycles. The molecule has 0 bridgehead atoms. The maximum Gasteiger partial charge on any atom is 0.472 e. The molecule has 0 rings (SSSR count). The van der Waals surface area contributed by atoms with Gasteiger partial charge in [0, 0.05) is 13.0 Å². The number of rotatable bonds is 51. The fourth-order valence-corrected chi connectivity index (χ4v) is 8.37. The van der Waals surface area contributed by atoms with Crippen LogP contribution in [-0.2, 0) is 32.7 Å². The number of hydrogen-bond acceptors (Lipinski definition) is 8. The molecular weight excluding hydrogens is 814 g/mol. The number of ether oxygens (including phenoxy) is 2. The van der Waals surface area contributed by atoms with Crippen molar-refractivity contribution in [3.8, 4) is 0 Å². The number of phosphoric acid groups is 1. The molecule has 0 heterocycles. The van der Waals surface area contributed by atoms with Gasteiger partial charge in [0.1, 0.15) is 12.1 Å². The lowest BCUT2D eigenvalue weighted by Crippen LogP contribution is -2.34. The number of hydrogen-bond donors (Lipinski definition) is 3. The van der Waals surface area contributed by atoms with Crippen molar-refractivity contribution in [1.82, 2.24) is 0 Å². The summed E-state index contributed by atoms with van der Waals surface area (Å²) in [5.41, 5.74) is 5.38. The summed E-state index contributed by atoms with van der Waals surface area (Å²) in [6.45, 7) is 3.92. The topological polar surface area (TPSA) is 155 Å². The Morgan fingerprint density at radius 3 is 1.21 bits per heavy atom. The second-order valence-corrected chi connectivity index (χ2v) is 19.5. The van der Waals surface area contributed by atoms with Gasteiger partial charge in [-0.3, -0.25) is 18.6 Å². The average molecular weight is 914 g/mol. The van der Waals surface area contributed by atoms with Gasteiger partial charge in [0.15, 0.2) is 0 Å². The van der Waals surface area contributed by atoms with Gasteiger partial charge in [-0.1, -0.05) is 212 Å². The molecule has 11 heteroatoms. The highest BCUT2D eigenvalue weighted by atomic mass is 31.2. The van der Waals surface area contributed by atoms with E-state index in [1.54, 1.807) is 0 Å². The molecule has 0 aliphatic heterocycles. The van der Waals surface area contributed by atoms with E-state index in [9.17, 15) is 19.0 Å². The van der Waals surface area contributed by atoms with Gasteiger partial charge in [0.2, 0.25) is 0 Å². The minimum absolute atomic E-state index is 0.0187. The number of carboxylic acids is 1. The molecule has 3 atom stereocenters. The lowest BCUT2D eigenvalue weighted by molar-refractivity contribution is -0.154. The first-order valence-corrected chi connectivity index (χ1v) is 27.9. The average Bonchev–Trinajstić information content (AvgIpc) is 3.26. The third-order valence-electron chi connectivity index (χ3n) is 11.7. The van der Waals surface area contributed by atoms with Crippen LogP contribution in [-0.4, -0.2) is 60.5 Å². The fourth-order valence-electron chi connectivity index (χ4n) is 7.60. The number of phosphoric ester groups is 1. The van der Waals surface area contributed by atoms with Crippen LogP contribution >= 0.6 is 7.82 Å². The van der Waals surface area contributed by atoms with Crippen LogP contribution in [0.3, 0.4) is 0 Å². The monoisotopic (exact) mass is 914 g/mol. The summed E-state index contributed by atoms with van der Waals surface area (Å²) in [4.78, 5) is 33.7. The Morgan fingerprint density at radius 2 is 0.825 bits per heavy atom. The molecule has 0 saturated carbocycles. The van der Waals surface area contributed by atoms with E-state index < -0.39 is 45.1 Å². The number of esters is 1. The maximum absolute atomic E-state index is 12.7. The fraction of sp³-hybridized carbons (Fsp3) is 0.885. The van der Waals surface area contributed by atoms with Gasteiger partial charge >= 0.3 is 19.8 Å². The highest BCUT2D eigenvalue weighted by molar-refractivity contribution is 7.47. The van der Waals surface area contributed by atoms with E-state index in [-0.39, 0.29) is 13.0 Å². The standard InChI is InChI=1S/C52H100NO9P/c1-3-5-7-9-11-13-15-17-19-21-23-25-26-28-30-32-34-36-38-40-42-44-51(54)62-49(47-60-63(57,58)61-48-50(53)52(55)56)46-59-45-43-41-39-37-35-33-31-29-27-24-22-20-18-16-14-12-10-8-6-4-2/h18,20-21,23,49-50H,3-17,19,22,24-48,53H2,1-2H3,(H,55,56)(H,57,58)/b20-18-,23-21-. The van der Waals surface area contributed by atoms with E-state index in [2.05, 4.69) is 38.2 Å². The second-order valence-electron chi connectivity index (χ2n) is 18.0. The number of carbonyl (C=O) groups excluding carboxylic acids is 1. The number of aliphatic carboxylic acids is 1. The molecule has 4 N–H and O–H groups in total. The summed E-state index contributed by atoms with van der Waals surface area (Å²) in [6, 6.07) is -1.47. The molecule has 10 nitrogen and oxygen atoms in total. The van der Waals surface area contributed by atoms with Crippen LogP contribution in [0, 0.1) is 0 Å².